The molecule has 0 atom stereocenters. The van der Waals surface area contributed by atoms with Crippen LogP contribution in [0.1, 0.15) is 26.7 Å². The third-order valence-corrected chi connectivity index (χ3v) is 2.32. The molecule has 0 heterocycles. The van der Waals surface area contributed by atoms with Crippen molar-refractivity contribution in [2.24, 2.45) is 5.92 Å². The smallest absolute Gasteiger partial charge is 0.0676 e. The van der Waals surface area contributed by atoms with Crippen molar-refractivity contribution in [3.8, 4) is 0 Å². The molecule has 1 nitrogen and oxygen atoms in total. The summed E-state index contributed by atoms with van der Waals surface area (Å²) in [5.74, 6) is 0.699. The SMILES string of the molecule is COCC1=CCC(C(C)C)=CC1. The fraction of sp³-hybridized carbons (Fsp3) is 0.636. The highest BCUT2D eigenvalue weighted by molar-refractivity contribution is 5.22. The Morgan fingerprint density at radius 3 is 2.50 bits per heavy atom. The quantitative estimate of drug-likeness (QED) is 0.586. The Kier molecular flexibility index (Phi) is 3.54. The van der Waals surface area contributed by atoms with E-state index < -0.39 is 0 Å². The molecule has 1 aliphatic carbocycles. The first-order valence-electron chi connectivity index (χ1n) is 4.59. The van der Waals surface area contributed by atoms with Gasteiger partial charge in [0.2, 0.25) is 0 Å². The second-order valence-corrected chi connectivity index (χ2v) is 3.64. The Balaban J connectivity index is 2.43. The summed E-state index contributed by atoms with van der Waals surface area (Å²) in [5, 5.41) is 0. The zero-order chi connectivity index (χ0) is 8.97. The molecule has 0 aromatic carbocycles. The Morgan fingerprint density at radius 2 is 2.08 bits per heavy atom. The third kappa shape index (κ3) is 2.49. The molecule has 0 aromatic heterocycles. The molecule has 68 valence electrons. The van der Waals surface area contributed by atoms with E-state index in [4.69, 9.17) is 4.74 Å². The van der Waals surface area contributed by atoms with Gasteiger partial charge in [0.1, 0.15) is 0 Å². The molecule has 0 aromatic rings. The van der Waals surface area contributed by atoms with Crippen LogP contribution in [0.15, 0.2) is 23.3 Å². The Labute approximate surface area is 75.1 Å². The molecule has 0 saturated carbocycles. The molecule has 0 N–H and O–H groups in total. The predicted molar refractivity (Wildman–Crippen MR) is 52.1 cm³/mol. The average Bonchev–Trinajstić information content (AvgIpc) is 2.06. The minimum absolute atomic E-state index is 0.699. The summed E-state index contributed by atoms with van der Waals surface area (Å²) < 4.78 is 5.08. The monoisotopic (exact) mass is 166 g/mol. The molecule has 0 aliphatic heterocycles. The number of allylic oxidation sites excluding steroid dienone is 3. The van der Waals surface area contributed by atoms with Crippen molar-refractivity contribution < 1.29 is 4.74 Å². The van der Waals surface area contributed by atoms with Gasteiger partial charge in [0.05, 0.1) is 6.61 Å². The van der Waals surface area contributed by atoms with Crippen LogP contribution in [-0.4, -0.2) is 13.7 Å². The maximum atomic E-state index is 5.08. The summed E-state index contributed by atoms with van der Waals surface area (Å²) in [6.07, 6.45) is 6.86. The molecule has 0 saturated heterocycles. The van der Waals surface area contributed by atoms with Crippen molar-refractivity contribution in [3.63, 3.8) is 0 Å². The lowest BCUT2D eigenvalue weighted by molar-refractivity contribution is 0.223. The lowest BCUT2D eigenvalue weighted by atomic mass is 9.92. The van der Waals surface area contributed by atoms with Crippen LogP contribution in [0.4, 0.5) is 0 Å². The van der Waals surface area contributed by atoms with E-state index in [2.05, 4.69) is 26.0 Å². The van der Waals surface area contributed by atoms with Crippen molar-refractivity contribution in [1.82, 2.24) is 0 Å². The van der Waals surface area contributed by atoms with Crippen molar-refractivity contribution in [2.45, 2.75) is 26.7 Å². The van der Waals surface area contributed by atoms with Gasteiger partial charge in [0, 0.05) is 7.11 Å². The van der Waals surface area contributed by atoms with Crippen LogP contribution in [0.5, 0.6) is 0 Å². The van der Waals surface area contributed by atoms with Gasteiger partial charge >= 0.3 is 0 Å². The zero-order valence-corrected chi connectivity index (χ0v) is 8.26. The summed E-state index contributed by atoms with van der Waals surface area (Å²) in [6.45, 7) is 5.30. The van der Waals surface area contributed by atoms with Crippen LogP contribution in [0, 0.1) is 5.92 Å². The molecule has 1 rings (SSSR count). The number of hydrogen-bond acceptors (Lipinski definition) is 1. The predicted octanol–water partition coefficient (Wildman–Crippen LogP) is 2.94. The van der Waals surface area contributed by atoms with Gasteiger partial charge in [-0.25, -0.2) is 0 Å². The van der Waals surface area contributed by atoms with Crippen LogP contribution >= 0.6 is 0 Å². The number of methoxy groups -OCH3 is 1. The highest BCUT2D eigenvalue weighted by Gasteiger charge is 2.07. The van der Waals surface area contributed by atoms with Crippen LogP contribution in [0.25, 0.3) is 0 Å². The molecule has 0 radical (unpaired) electrons. The van der Waals surface area contributed by atoms with Crippen LogP contribution < -0.4 is 0 Å². The molecule has 1 aliphatic rings. The first-order valence-corrected chi connectivity index (χ1v) is 4.59. The largest absolute Gasteiger partial charge is 0.380 e. The molecular weight excluding hydrogens is 148 g/mol. The van der Waals surface area contributed by atoms with E-state index in [1.165, 1.54) is 5.57 Å². The van der Waals surface area contributed by atoms with E-state index in [9.17, 15) is 0 Å². The number of hydrogen-bond donors (Lipinski definition) is 0. The van der Waals surface area contributed by atoms with Crippen molar-refractivity contribution in [3.05, 3.63) is 23.3 Å². The lowest BCUT2D eigenvalue weighted by Crippen LogP contribution is -2.02. The molecular formula is C11H18O. The van der Waals surface area contributed by atoms with Crippen LogP contribution in [0.3, 0.4) is 0 Å². The molecule has 1 heteroatoms. The van der Waals surface area contributed by atoms with Gasteiger partial charge in [-0.05, 0) is 24.3 Å². The normalized spacial score (nSPS) is 17.7. The van der Waals surface area contributed by atoms with E-state index in [1.54, 1.807) is 12.7 Å². The Bertz CT molecular complexity index is 199. The van der Waals surface area contributed by atoms with Crippen molar-refractivity contribution in [2.75, 3.05) is 13.7 Å². The van der Waals surface area contributed by atoms with E-state index >= 15 is 0 Å². The maximum absolute atomic E-state index is 5.08. The first kappa shape index (κ1) is 9.53. The molecule has 12 heavy (non-hydrogen) atoms. The third-order valence-electron chi connectivity index (χ3n) is 2.32. The molecule has 0 bridgehead atoms. The fourth-order valence-corrected chi connectivity index (χ4v) is 1.47. The fourth-order valence-electron chi connectivity index (χ4n) is 1.47. The summed E-state index contributed by atoms with van der Waals surface area (Å²) in [5.41, 5.74) is 2.98. The first-order chi connectivity index (χ1) is 5.74. The van der Waals surface area contributed by atoms with E-state index in [-0.39, 0.29) is 0 Å². The van der Waals surface area contributed by atoms with Gasteiger partial charge in [-0.15, -0.1) is 0 Å². The van der Waals surface area contributed by atoms with Gasteiger partial charge in [-0.3, -0.25) is 0 Å². The molecule has 0 fully saturated rings. The van der Waals surface area contributed by atoms with Crippen LogP contribution in [0.2, 0.25) is 0 Å². The summed E-state index contributed by atoms with van der Waals surface area (Å²) in [4.78, 5) is 0. The summed E-state index contributed by atoms with van der Waals surface area (Å²) in [7, 11) is 1.75. The molecule has 0 amide bonds. The summed E-state index contributed by atoms with van der Waals surface area (Å²) in [6, 6.07) is 0. The van der Waals surface area contributed by atoms with Gasteiger partial charge in [0.15, 0.2) is 0 Å². The standard InChI is InChI=1S/C11H18O/c1-9(2)11-6-4-10(5-7-11)8-12-3/h4,7,9H,5-6,8H2,1-3H3. The lowest BCUT2D eigenvalue weighted by Gasteiger charge is -2.15. The van der Waals surface area contributed by atoms with Crippen LogP contribution in [-0.2, 0) is 4.74 Å². The van der Waals surface area contributed by atoms with Gasteiger partial charge in [0.25, 0.3) is 0 Å². The maximum Gasteiger partial charge on any atom is 0.0676 e. The van der Waals surface area contributed by atoms with Gasteiger partial charge in [-0.1, -0.05) is 31.6 Å². The number of rotatable bonds is 3. The van der Waals surface area contributed by atoms with Gasteiger partial charge < -0.3 is 4.74 Å². The second kappa shape index (κ2) is 4.46. The number of ether oxygens (including phenoxy) is 1. The van der Waals surface area contributed by atoms with Gasteiger partial charge in [-0.2, -0.15) is 0 Å². The minimum Gasteiger partial charge on any atom is -0.380 e. The molecule has 0 spiro atoms. The minimum atomic E-state index is 0.699. The average molecular weight is 166 g/mol. The van der Waals surface area contributed by atoms with E-state index in [0.29, 0.717) is 5.92 Å². The second-order valence-electron chi connectivity index (χ2n) is 3.64. The van der Waals surface area contributed by atoms with E-state index in [1.807, 2.05) is 0 Å². The summed E-state index contributed by atoms with van der Waals surface area (Å²) >= 11 is 0. The van der Waals surface area contributed by atoms with Crippen molar-refractivity contribution in [1.29, 1.82) is 0 Å². The Hall–Kier alpha value is -0.560. The zero-order valence-electron chi connectivity index (χ0n) is 8.26. The highest BCUT2D eigenvalue weighted by atomic mass is 16.5. The highest BCUT2D eigenvalue weighted by Crippen LogP contribution is 2.22. The van der Waals surface area contributed by atoms with E-state index in [0.717, 1.165) is 19.4 Å². The Morgan fingerprint density at radius 1 is 1.33 bits per heavy atom. The van der Waals surface area contributed by atoms with Crippen molar-refractivity contribution >= 4 is 0 Å². The topological polar surface area (TPSA) is 9.23 Å². The molecule has 0 unspecified atom stereocenters.